The van der Waals surface area contributed by atoms with Crippen LogP contribution in [0.15, 0.2) is 47.6 Å². The third-order valence-corrected chi connectivity index (χ3v) is 5.19. The number of benzene rings is 1. The van der Waals surface area contributed by atoms with Crippen LogP contribution in [0.3, 0.4) is 0 Å². The van der Waals surface area contributed by atoms with Crippen LogP contribution in [0.25, 0.3) is 0 Å². The summed E-state index contributed by atoms with van der Waals surface area (Å²) in [5.41, 5.74) is 2.28. The van der Waals surface area contributed by atoms with E-state index < -0.39 is 0 Å². The second-order valence-electron chi connectivity index (χ2n) is 7.09. The van der Waals surface area contributed by atoms with E-state index in [1.165, 1.54) is 5.56 Å². The average Bonchev–Trinajstić information content (AvgIpc) is 2.79. The summed E-state index contributed by atoms with van der Waals surface area (Å²) in [6.45, 7) is 9.63. The lowest BCUT2D eigenvalue weighted by Crippen LogP contribution is -2.40. The van der Waals surface area contributed by atoms with Crippen LogP contribution < -0.4 is 10.1 Å². The molecule has 7 nitrogen and oxygen atoms in total. The molecule has 0 saturated carbocycles. The monoisotopic (exact) mass is 442 g/mol. The van der Waals surface area contributed by atoms with Crippen LogP contribution in [0.2, 0.25) is 5.15 Å². The van der Waals surface area contributed by atoms with E-state index in [2.05, 4.69) is 51.1 Å². The predicted molar refractivity (Wildman–Crippen MR) is 125 cm³/mol. The maximum absolute atomic E-state index is 9.02. The van der Waals surface area contributed by atoms with Crippen LogP contribution in [-0.4, -0.2) is 60.5 Å². The van der Waals surface area contributed by atoms with Crippen molar-refractivity contribution in [2.24, 2.45) is 4.99 Å². The number of aromatic nitrogens is 1. The third-order valence-electron chi connectivity index (χ3n) is 4.97. The van der Waals surface area contributed by atoms with Gasteiger partial charge in [-0.05, 0) is 42.4 Å². The molecule has 0 amide bonds. The Balaban J connectivity index is 2.03. The van der Waals surface area contributed by atoms with Gasteiger partial charge >= 0.3 is 0 Å². The molecule has 0 saturated heterocycles. The number of nitriles is 1. The van der Waals surface area contributed by atoms with Crippen LogP contribution >= 0.6 is 11.6 Å². The molecule has 0 bridgehead atoms. The number of aliphatic imine (C=N–C) groups is 1. The van der Waals surface area contributed by atoms with Crippen LogP contribution in [0.5, 0.6) is 5.75 Å². The molecule has 0 fully saturated rings. The zero-order valence-corrected chi connectivity index (χ0v) is 19.3. The normalized spacial score (nSPS) is 11.6. The van der Waals surface area contributed by atoms with E-state index >= 15 is 0 Å². The van der Waals surface area contributed by atoms with Crippen molar-refractivity contribution in [3.8, 4) is 11.9 Å². The highest BCUT2D eigenvalue weighted by Crippen LogP contribution is 2.15. The minimum atomic E-state index is 0.487. The number of methoxy groups -OCH3 is 1. The smallest absolute Gasteiger partial charge is 0.207 e. The molecule has 1 aromatic heterocycles. The van der Waals surface area contributed by atoms with Crippen molar-refractivity contribution in [1.82, 2.24) is 20.1 Å². The van der Waals surface area contributed by atoms with Gasteiger partial charge in [-0.25, -0.2) is 4.98 Å². The van der Waals surface area contributed by atoms with Gasteiger partial charge in [-0.3, -0.25) is 9.80 Å². The maximum atomic E-state index is 9.02. The summed E-state index contributed by atoms with van der Waals surface area (Å²) in [5, 5.41) is 12.8. The fourth-order valence-corrected chi connectivity index (χ4v) is 3.28. The fraction of sp³-hybridized carbons (Fsp3) is 0.435. The minimum Gasteiger partial charge on any atom is -0.497 e. The fourth-order valence-electron chi connectivity index (χ4n) is 3.17. The number of amidine groups is 1. The van der Waals surface area contributed by atoms with Gasteiger partial charge in [0, 0.05) is 32.4 Å². The zero-order chi connectivity index (χ0) is 22.5. The topological polar surface area (TPSA) is 76.8 Å². The molecule has 0 spiro atoms. The summed E-state index contributed by atoms with van der Waals surface area (Å²) in [7, 11) is 1.67. The molecule has 31 heavy (non-hydrogen) atoms. The average molecular weight is 443 g/mol. The molecule has 0 atom stereocenters. The molecule has 0 aliphatic heterocycles. The number of nitrogens with zero attached hydrogens (tertiary/aromatic N) is 5. The van der Waals surface area contributed by atoms with E-state index in [4.69, 9.17) is 21.6 Å². The molecule has 2 aromatic rings. The number of pyridine rings is 1. The van der Waals surface area contributed by atoms with E-state index in [0.717, 1.165) is 44.0 Å². The Hall–Kier alpha value is -2.66. The highest BCUT2D eigenvalue weighted by molar-refractivity contribution is 6.29. The van der Waals surface area contributed by atoms with Crippen molar-refractivity contribution >= 4 is 17.4 Å². The first-order valence-electron chi connectivity index (χ1n) is 10.5. The summed E-state index contributed by atoms with van der Waals surface area (Å²) in [6.07, 6.45) is 3.71. The van der Waals surface area contributed by atoms with Gasteiger partial charge in [0.25, 0.3) is 0 Å². The number of hydrogen-bond donors (Lipinski definition) is 1. The Morgan fingerprint density at radius 3 is 2.35 bits per heavy atom. The van der Waals surface area contributed by atoms with Crippen molar-refractivity contribution in [2.75, 3.05) is 39.8 Å². The minimum absolute atomic E-state index is 0.487. The first kappa shape index (κ1) is 24.6. The van der Waals surface area contributed by atoms with Gasteiger partial charge in [0.2, 0.25) is 6.19 Å². The third kappa shape index (κ3) is 8.93. The summed E-state index contributed by atoms with van der Waals surface area (Å²) >= 11 is 5.93. The molecule has 2 rings (SSSR count). The number of ether oxygens (including phenoxy) is 1. The highest BCUT2D eigenvalue weighted by atomic mass is 35.5. The highest BCUT2D eigenvalue weighted by Gasteiger charge is 2.10. The van der Waals surface area contributed by atoms with Crippen LogP contribution in [0, 0.1) is 11.5 Å². The van der Waals surface area contributed by atoms with Crippen molar-refractivity contribution in [2.45, 2.75) is 26.9 Å². The van der Waals surface area contributed by atoms with Gasteiger partial charge in [0.05, 0.1) is 13.7 Å². The van der Waals surface area contributed by atoms with Crippen LogP contribution in [0.4, 0.5) is 0 Å². The molecule has 8 heteroatoms. The van der Waals surface area contributed by atoms with E-state index in [9.17, 15) is 0 Å². The Bertz CT molecular complexity index is 844. The number of rotatable bonds is 12. The molecule has 0 radical (unpaired) electrons. The molecular formula is C23H31ClN6O. The lowest BCUT2D eigenvalue weighted by atomic mass is 10.2. The van der Waals surface area contributed by atoms with Crippen molar-refractivity contribution in [1.29, 1.82) is 5.26 Å². The lowest BCUT2D eigenvalue weighted by Gasteiger charge is -2.24. The van der Waals surface area contributed by atoms with Crippen molar-refractivity contribution in [3.63, 3.8) is 0 Å². The Morgan fingerprint density at radius 1 is 1.10 bits per heavy atom. The molecule has 0 aliphatic rings. The Kier molecular flexibility index (Phi) is 10.8. The van der Waals surface area contributed by atoms with Crippen molar-refractivity contribution < 1.29 is 4.74 Å². The summed E-state index contributed by atoms with van der Waals surface area (Å²) in [6, 6.07) is 11.9. The quantitative estimate of drug-likeness (QED) is 0.234. The molecule has 1 aromatic carbocycles. The second kappa shape index (κ2) is 13.6. The summed E-state index contributed by atoms with van der Waals surface area (Å²) in [4.78, 5) is 12.7. The number of likely N-dealkylation sites (N-methyl/N-ethyl adjacent to an activating group) is 1. The molecule has 1 heterocycles. The molecular weight excluding hydrogens is 412 g/mol. The van der Waals surface area contributed by atoms with Gasteiger partial charge < -0.3 is 10.1 Å². The van der Waals surface area contributed by atoms with E-state index in [1.807, 2.05) is 30.5 Å². The van der Waals surface area contributed by atoms with Gasteiger partial charge in [0.15, 0.2) is 0 Å². The first-order chi connectivity index (χ1) is 15.1. The van der Waals surface area contributed by atoms with Crippen LogP contribution in [0.1, 0.15) is 25.0 Å². The van der Waals surface area contributed by atoms with E-state index in [-0.39, 0.29) is 0 Å². The number of nitrogens with one attached hydrogen (secondary N) is 1. The van der Waals surface area contributed by atoms with Gasteiger partial charge in [-0.2, -0.15) is 10.3 Å². The van der Waals surface area contributed by atoms with Crippen LogP contribution in [-0.2, 0) is 13.1 Å². The molecule has 166 valence electrons. The number of hydrogen-bond acceptors (Lipinski definition) is 6. The van der Waals surface area contributed by atoms with E-state index in [1.54, 1.807) is 13.3 Å². The molecule has 0 aliphatic carbocycles. The lowest BCUT2D eigenvalue weighted by molar-refractivity contribution is 0.260. The maximum Gasteiger partial charge on any atom is 0.207 e. The molecule has 0 unspecified atom stereocenters. The standard InChI is InChI=1S/C23H31ClN6O/c1-4-29(5-2)17-23(28-18-25)26-12-13-30(16-20-8-11-22(24)27-14-20)15-19-6-9-21(31-3)10-7-19/h6-11,14H,4-5,12-13,15-17H2,1-3H3,(H,26,28). The summed E-state index contributed by atoms with van der Waals surface area (Å²) < 4.78 is 5.26. The Morgan fingerprint density at radius 2 is 1.77 bits per heavy atom. The van der Waals surface area contributed by atoms with E-state index in [0.29, 0.717) is 24.1 Å². The summed E-state index contributed by atoms with van der Waals surface area (Å²) in [5.74, 6) is 1.54. The SMILES string of the molecule is CCN(CC)C/C(=N/C#N)NCCN(Cc1ccc(OC)cc1)Cc1ccc(Cl)nc1. The van der Waals surface area contributed by atoms with Gasteiger partial charge in [0.1, 0.15) is 16.7 Å². The van der Waals surface area contributed by atoms with Gasteiger partial charge in [-0.1, -0.05) is 43.6 Å². The Labute approximate surface area is 190 Å². The van der Waals surface area contributed by atoms with Crippen molar-refractivity contribution in [3.05, 3.63) is 58.9 Å². The van der Waals surface area contributed by atoms with Gasteiger partial charge in [-0.15, -0.1) is 0 Å². The molecule has 1 N–H and O–H groups in total. The first-order valence-corrected chi connectivity index (χ1v) is 10.8. The second-order valence-corrected chi connectivity index (χ2v) is 7.48. The number of halogens is 1. The predicted octanol–water partition coefficient (Wildman–Crippen LogP) is 3.56. The largest absolute Gasteiger partial charge is 0.497 e. The zero-order valence-electron chi connectivity index (χ0n) is 18.5.